The fourth-order valence-corrected chi connectivity index (χ4v) is 5.35. The van der Waals surface area contributed by atoms with Gasteiger partial charge < -0.3 is 15.0 Å². The average Bonchev–Trinajstić information content (AvgIpc) is 3.35. The maximum atomic E-state index is 12.6. The van der Waals surface area contributed by atoms with Crippen LogP contribution in [0.15, 0.2) is 42.6 Å². The number of pyridine rings is 1. The molecule has 5 heteroatoms. The fraction of sp³-hybridized carbons (Fsp3) is 0.478. The molecular weight excluding hydrogens is 350 g/mol. The fourth-order valence-electron chi connectivity index (χ4n) is 5.35. The molecule has 3 aliphatic rings. The second-order valence-electron chi connectivity index (χ2n) is 8.68. The lowest BCUT2D eigenvalue weighted by molar-refractivity contribution is 0.0141. The van der Waals surface area contributed by atoms with E-state index in [1.165, 1.54) is 5.56 Å². The molecule has 3 saturated heterocycles. The van der Waals surface area contributed by atoms with Gasteiger partial charge in [0.1, 0.15) is 5.82 Å². The van der Waals surface area contributed by atoms with Gasteiger partial charge in [0.2, 0.25) is 0 Å². The van der Waals surface area contributed by atoms with Crippen molar-refractivity contribution in [3.8, 4) is 0 Å². The Morgan fingerprint density at radius 2 is 2.07 bits per heavy atom. The lowest BCUT2D eigenvalue weighted by Gasteiger charge is -2.29. The Bertz CT molecular complexity index is 897. The van der Waals surface area contributed by atoms with E-state index in [9.17, 15) is 4.79 Å². The number of hydrogen-bond acceptors (Lipinski definition) is 4. The average molecular weight is 377 g/mol. The first-order chi connectivity index (χ1) is 13.5. The van der Waals surface area contributed by atoms with Crippen LogP contribution >= 0.6 is 0 Å². The monoisotopic (exact) mass is 377 g/mol. The van der Waals surface area contributed by atoms with Crippen LogP contribution < -0.4 is 10.2 Å². The molecule has 5 rings (SSSR count). The highest BCUT2D eigenvalue weighted by Gasteiger charge is 2.63. The van der Waals surface area contributed by atoms with E-state index in [2.05, 4.69) is 28.2 Å². The van der Waals surface area contributed by atoms with E-state index in [0.29, 0.717) is 18.4 Å². The van der Waals surface area contributed by atoms with E-state index in [-0.39, 0.29) is 17.6 Å². The molecule has 1 spiro atoms. The van der Waals surface area contributed by atoms with Crippen molar-refractivity contribution in [1.82, 2.24) is 10.3 Å². The highest BCUT2D eigenvalue weighted by molar-refractivity contribution is 5.94. The topological polar surface area (TPSA) is 54.5 Å². The maximum absolute atomic E-state index is 12.6. The first kappa shape index (κ1) is 17.7. The maximum Gasteiger partial charge on any atom is 0.251 e. The van der Waals surface area contributed by atoms with Crippen LogP contribution in [0.1, 0.15) is 34.3 Å². The number of carbonyl (C=O) groups is 1. The Hall–Kier alpha value is -2.40. The van der Waals surface area contributed by atoms with E-state index in [0.717, 1.165) is 42.9 Å². The van der Waals surface area contributed by atoms with Crippen molar-refractivity contribution in [3.63, 3.8) is 0 Å². The van der Waals surface area contributed by atoms with Crippen molar-refractivity contribution in [2.24, 2.45) is 11.8 Å². The van der Waals surface area contributed by atoms with Crippen LogP contribution in [0.25, 0.3) is 0 Å². The summed E-state index contributed by atoms with van der Waals surface area (Å²) in [6, 6.07) is 11.9. The third-order valence-corrected chi connectivity index (χ3v) is 6.82. The van der Waals surface area contributed by atoms with Gasteiger partial charge in [0.25, 0.3) is 5.91 Å². The van der Waals surface area contributed by atoms with Crippen LogP contribution in [-0.4, -0.2) is 42.2 Å². The number of rotatable bonds is 4. The number of benzene rings is 1. The summed E-state index contributed by atoms with van der Waals surface area (Å²) < 4.78 is 6.51. The summed E-state index contributed by atoms with van der Waals surface area (Å²) in [5.74, 6) is 1.87. The minimum Gasteiger partial charge on any atom is -0.369 e. The van der Waals surface area contributed by atoms with Crippen LogP contribution in [0.3, 0.4) is 0 Å². The van der Waals surface area contributed by atoms with Gasteiger partial charge in [-0.3, -0.25) is 4.79 Å². The zero-order valence-electron chi connectivity index (χ0n) is 16.5. The number of nitrogens with zero attached hydrogens (tertiary/aromatic N) is 2. The first-order valence-corrected chi connectivity index (χ1v) is 10.2. The molecule has 4 atom stereocenters. The molecule has 2 aromatic rings. The zero-order chi connectivity index (χ0) is 19.3. The molecule has 0 aliphatic carbocycles. The largest absolute Gasteiger partial charge is 0.369 e. The summed E-state index contributed by atoms with van der Waals surface area (Å²) in [4.78, 5) is 19.5. The number of ether oxygens (including phenoxy) is 1. The summed E-state index contributed by atoms with van der Waals surface area (Å²) in [5, 5.41) is 3.17. The number of carbonyl (C=O) groups excluding carboxylic acids is 1. The standard InChI is InChI=1S/C23H27N3O2/c1-15-3-5-17(6-4-15)22(27)25-12-18-19-13-26(21-11-16(2)8-10-24-21)14-23(19)9-7-20(18)28-23/h3-6,8,10-11,18-20H,7,9,12-14H2,1-2H3,(H,25,27)/t18-,19+,20+,23+/m0/s1. The Morgan fingerprint density at radius 1 is 1.25 bits per heavy atom. The van der Waals surface area contributed by atoms with Gasteiger partial charge in [-0.25, -0.2) is 4.98 Å². The highest BCUT2D eigenvalue weighted by Crippen LogP contribution is 2.55. The van der Waals surface area contributed by atoms with Crippen molar-refractivity contribution in [2.45, 2.75) is 38.4 Å². The number of fused-ring (bicyclic) bond motifs is 1. The van der Waals surface area contributed by atoms with E-state index < -0.39 is 0 Å². The summed E-state index contributed by atoms with van der Waals surface area (Å²) >= 11 is 0. The SMILES string of the molecule is Cc1ccc(C(=O)NC[C@H]2[C@H]3CN(c4cc(C)ccn4)C[C@]34CC[C@H]2O4)cc1. The van der Waals surface area contributed by atoms with Gasteiger partial charge in [-0.05, 0) is 56.5 Å². The lowest BCUT2D eigenvalue weighted by atomic mass is 9.73. The van der Waals surface area contributed by atoms with Crippen molar-refractivity contribution in [3.05, 3.63) is 59.3 Å². The van der Waals surface area contributed by atoms with E-state index in [4.69, 9.17) is 4.74 Å². The molecule has 3 aliphatic heterocycles. The predicted octanol–water partition coefficient (Wildman–Crippen LogP) is 3.11. The van der Waals surface area contributed by atoms with E-state index >= 15 is 0 Å². The van der Waals surface area contributed by atoms with Gasteiger partial charge in [-0.2, -0.15) is 0 Å². The van der Waals surface area contributed by atoms with E-state index in [1.807, 2.05) is 43.5 Å². The Morgan fingerprint density at radius 3 is 2.86 bits per heavy atom. The summed E-state index contributed by atoms with van der Waals surface area (Å²) in [7, 11) is 0. The third-order valence-electron chi connectivity index (χ3n) is 6.82. The van der Waals surface area contributed by atoms with Crippen molar-refractivity contribution in [2.75, 3.05) is 24.5 Å². The molecule has 1 amide bonds. The molecule has 1 aromatic carbocycles. The van der Waals surface area contributed by atoms with Gasteiger partial charge in [0.15, 0.2) is 0 Å². The number of hydrogen-bond donors (Lipinski definition) is 1. The molecule has 1 N–H and O–H groups in total. The Labute approximate surface area is 166 Å². The van der Waals surface area contributed by atoms with Crippen molar-refractivity contribution < 1.29 is 9.53 Å². The number of amides is 1. The predicted molar refractivity (Wildman–Crippen MR) is 109 cm³/mol. The van der Waals surface area contributed by atoms with E-state index in [1.54, 1.807) is 0 Å². The van der Waals surface area contributed by atoms with Gasteiger partial charge in [-0.15, -0.1) is 0 Å². The minimum atomic E-state index is -0.0602. The molecule has 146 valence electrons. The normalized spacial score (nSPS) is 30.5. The van der Waals surface area contributed by atoms with Crippen molar-refractivity contribution in [1.29, 1.82) is 0 Å². The lowest BCUT2D eigenvalue weighted by Crippen LogP contribution is -2.41. The van der Waals surface area contributed by atoms with Crippen LogP contribution in [0.5, 0.6) is 0 Å². The van der Waals surface area contributed by atoms with Gasteiger partial charge >= 0.3 is 0 Å². The number of nitrogens with one attached hydrogen (secondary N) is 1. The Balaban J connectivity index is 1.29. The highest BCUT2D eigenvalue weighted by atomic mass is 16.5. The van der Waals surface area contributed by atoms with Crippen LogP contribution in [0.4, 0.5) is 5.82 Å². The van der Waals surface area contributed by atoms with Crippen molar-refractivity contribution >= 4 is 11.7 Å². The smallest absolute Gasteiger partial charge is 0.251 e. The molecule has 1 aromatic heterocycles. The third kappa shape index (κ3) is 2.89. The number of aryl methyl sites for hydroxylation is 2. The summed E-state index contributed by atoms with van der Waals surface area (Å²) in [5.41, 5.74) is 3.05. The number of anilines is 1. The van der Waals surface area contributed by atoms with Gasteiger partial charge in [0, 0.05) is 43.2 Å². The molecule has 0 radical (unpaired) electrons. The van der Waals surface area contributed by atoms with Crippen LogP contribution in [0.2, 0.25) is 0 Å². The molecule has 0 unspecified atom stereocenters. The Kier molecular flexibility index (Phi) is 4.16. The molecule has 0 saturated carbocycles. The van der Waals surface area contributed by atoms with Crippen LogP contribution in [0, 0.1) is 25.7 Å². The zero-order valence-corrected chi connectivity index (χ0v) is 16.5. The molecule has 4 heterocycles. The molecule has 28 heavy (non-hydrogen) atoms. The number of aromatic nitrogens is 1. The second-order valence-corrected chi connectivity index (χ2v) is 8.68. The quantitative estimate of drug-likeness (QED) is 0.890. The summed E-state index contributed by atoms with van der Waals surface area (Å²) in [6.45, 7) is 6.68. The van der Waals surface area contributed by atoms with Crippen LogP contribution in [-0.2, 0) is 4.74 Å². The van der Waals surface area contributed by atoms with Gasteiger partial charge in [-0.1, -0.05) is 17.7 Å². The van der Waals surface area contributed by atoms with Gasteiger partial charge in [0.05, 0.1) is 11.7 Å². The molecule has 3 fully saturated rings. The molecule has 2 bridgehead atoms. The molecular formula is C23H27N3O2. The first-order valence-electron chi connectivity index (χ1n) is 10.2. The molecule has 5 nitrogen and oxygen atoms in total. The minimum absolute atomic E-state index is 0.00651. The second kappa shape index (κ2) is 6.59. The summed E-state index contributed by atoms with van der Waals surface area (Å²) in [6.07, 6.45) is 4.37.